The van der Waals surface area contributed by atoms with E-state index in [4.69, 9.17) is 0 Å². The van der Waals surface area contributed by atoms with Crippen molar-refractivity contribution in [3.63, 3.8) is 0 Å². The summed E-state index contributed by atoms with van der Waals surface area (Å²) in [6.07, 6.45) is 4.63. The van der Waals surface area contributed by atoms with E-state index in [-0.39, 0.29) is 17.4 Å². The fraction of sp³-hybridized carbons (Fsp3) is 0.833. The number of sulfone groups is 1. The highest BCUT2D eigenvalue weighted by atomic mass is 32.2. The van der Waals surface area contributed by atoms with Crippen molar-refractivity contribution in [2.24, 2.45) is 16.9 Å². The number of nitrogens with one attached hydrogen (secondary N) is 1. The minimum atomic E-state index is -3.00. The molecule has 1 heterocycles. The molecule has 2 fully saturated rings. The second-order valence-corrected chi connectivity index (χ2v) is 7.68. The van der Waals surface area contributed by atoms with E-state index in [9.17, 15) is 13.2 Å². The van der Waals surface area contributed by atoms with Crippen LogP contribution in [0.4, 0.5) is 0 Å². The summed E-state index contributed by atoms with van der Waals surface area (Å²) in [5, 5.41) is 4.15. The molecule has 2 aliphatic rings. The van der Waals surface area contributed by atoms with Crippen LogP contribution in [0.5, 0.6) is 0 Å². The smallest absolute Gasteiger partial charge is 0.244 e. The fourth-order valence-corrected chi connectivity index (χ4v) is 4.33. The third-order valence-corrected chi connectivity index (χ3v) is 5.44. The lowest BCUT2D eigenvalue weighted by Crippen LogP contribution is -2.29. The summed E-state index contributed by atoms with van der Waals surface area (Å²) in [6.45, 7) is 2.18. The fourth-order valence-electron chi connectivity index (χ4n) is 2.59. The molecule has 1 amide bonds. The number of hydrogen-bond acceptors (Lipinski definition) is 4. The van der Waals surface area contributed by atoms with Crippen LogP contribution in [0.1, 0.15) is 39.0 Å². The van der Waals surface area contributed by atoms with Crippen molar-refractivity contribution in [3.8, 4) is 0 Å². The standard InChI is InChI=1S/C12H20N2O3S/c1-9-3-2-4-11(7-9)13-14-12(15)10-5-6-18(16,17)8-10/h9-10H,2-8H2,1H3,(H,14,15)/b13-11+/t9-,10+/m1/s1. The first kappa shape index (κ1) is 13.5. The van der Waals surface area contributed by atoms with Gasteiger partial charge in [-0.25, -0.2) is 13.8 Å². The predicted octanol–water partition coefficient (Wildman–Crippen LogP) is 1.10. The SMILES string of the molecule is C[C@@H]1CCC/C(=N\NC(=O)[C@H]2CCS(=O)(=O)C2)C1. The Balaban J connectivity index is 1.86. The summed E-state index contributed by atoms with van der Waals surface area (Å²) < 4.78 is 22.6. The van der Waals surface area contributed by atoms with Crippen LogP contribution in [-0.4, -0.2) is 31.5 Å². The molecule has 1 N–H and O–H groups in total. The molecule has 0 aromatic carbocycles. The van der Waals surface area contributed by atoms with Gasteiger partial charge in [0.25, 0.3) is 0 Å². The van der Waals surface area contributed by atoms with Crippen molar-refractivity contribution in [1.29, 1.82) is 0 Å². The maximum Gasteiger partial charge on any atom is 0.244 e. The topological polar surface area (TPSA) is 75.6 Å². The molecule has 102 valence electrons. The largest absolute Gasteiger partial charge is 0.273 e. The van der Waals surface area contributed by atoms with Crippen molar-refractivity contribution in [3.05, 3.63) is 0 Å². The van der Waals surface area contributed by atoms with Crippen LogP contribution in [0.25, 0.3) is 0 Å². The van der Waals surface area contributed by atoms with E-state index in [1.165, 1.54) is 6.42 Å². The van der Waals surface area contributed by atoms with Gasteiger partial charge in [-0.2, -0.15) is 5.10 Å². The zero-order valence-electron chi connectivity index (χ0n) is 10.7. The lowest BCUT2D eigenvalue weighted by Gasteiger charge is -2.19. The number of rotatable bonds is 2. The lowest BCUT2D eigenvalue weighted by molar-refractivity contribution is -0.124. The van der Waals surface area contributed by atoms with E-state index in [0.717, 1.165) is 25.0 Å². The normalized spacial score (nSPS) is 33.5. The quantitative estimate of drug-likeness (QED) is 0.765. The summed E-state index contributed by atoms with van der Waals surface area (Å²) >= 11 is 0. The molecule has 0 bridgehead atoms. The van der Waals surface area contributed by atoms with Gasteiger partial charge in [0.05, 0.1) is 17.4 Å². The van der Waals surface area contributed by atoms with Crippen LogP contribution in [0.3, 0.4) is 0 Å². The number of carbonyl (C=O) groups is 1. The second kappa shape index (κ2) is 5.38. The Hall–Kier alpha value is -0.910. The average Bonchev–Trinajstić information content (AvgIpc) is 2.67. The number of hydrazone groups is 1. The highest BCUT2D eigenvalue weighted by molar-refractivity contribution is 7.91. The van der Waals surface area contributed by atoms with Crippen LogP contribution < -0.4 is 5.43 Å². The second-order valence-electron chi connectivity index (χ2n) is 5.46. The van der Waals surface area contributed by atoms with Crippen LogP contribution in [0.15, 0.2) is 5.10 Å². The first-order valence-electron chi connectivity index (χ1n) is 6.52. The maximum absolute atomic E-state index is 11.8. The van der Waals surface area contributed by atoms with Crippen LogP contribution in [-0.2, 0) is 14.6 Å². The zero-order chi connectivity index (χ0) is 13.2. The highest BCUT2D eigenvalue weighted by Crippen LogP contribution is 2.21. The van der Waals surface area contributed by atoms with Crippen molar-refractivity contribution in [2.45, 2.75) is 39.0 Å². The molecule has 1 saturated carbocycles. The molecule has 0 aromatic heterocycles. The zero-order valence-corrected chi connectivity index (χ0v) is 11.5. The van der Waals surface area contributed by atoms with Gasteiger partial charge in [0.15, 0.2) is 9.84 Å². The van der Waals surface area contributed by atoms with Gasteiger partial charge in [0.2, 0.25) is 5.91 Å². The monoisotopic (exact) mass is 272 g/mol. The summed E-state index contributed by atoms with van der Waals surface area (Å²) in [6, 6.07) is 0. The molecule has 1 aliphatic carbocycles. The van der Waals surface area contributed by atoms with E-state index in [1.807, 2.05) is 0 Å². The predicted molar refractivity (Wildman–Crippen MR) is 70.0 cm³/mol. The summed E-state index contributed by atoms with van der Waals surface area (Å²) in [4.78, 5) is 11.8. The molecule has 0 radical (unpaired) electrons. The number of nitrogens with zero attached hydrogens (tertiary/aromatic N) is 1. The van der Waals surface area contributed by atoms with Gasteiger partial charge in [-0.1, -0.05) is 6.92 Å². The van der Waals surface area contributed by atoms with E-state index in [2.05, 4.69) is 17.5 Å². The number of hydrogen-bond donors (Lipinski definition) is 1. The summed E-state index contributed by atoms with van der Waals surface area (Å²) in [5.41, 5.74) is 3.57. The third kappa shape index (κ3) is 3.54. The molecule has 0 unspecified atom stereocenters. The van der Waals surface area contributed by atoms with Gasteiger partial charge in [0.1, 0.15) is 0 Å². The van der Waals surface area contributed by atoms with E-state index in [1.54, 1.807) is 0 Å². The van der Waals surface area contributed by atoms with Gasteiger partial charge < -0.3 is 0 Å². The Bertz CT molecular complexity index is 456. The Kier molecular flexibility index (Phi) is 4.04. The minimum Gasteiger partial charge on any atom is -0.273 e. The Labute approximate surface area is 108 Å². The maximum atomic E-state index is 11.8. The first-order chi connectivity index (χ1) is 8.46. The molecule has 6 heteroatoms. The van der Waals surface area contributed by atoms with Crippen molar-refractivity contribution < 1.29 is 13.2 Å². The summed E-state index contributed by atoms with van der Waals surface area (Å²) in [7, 11) is -3.00. The average molecular weight is 272 g/mol. The van der Waals surface area contributed by atoms with E-state index in [0.29, 0.717) is 12.3 Å². The molecular weight excluding hydrogens is 252 g/mol. The molecule has 5 nitrogen and oxygen atoms in total. The number of carbonyl (C=O) groups excluding carboxylic acids is 1. The molecule has 1 saturated heterocycles. The van der Waals surface area contributed by atoms with Gasteiger partial charge >= 0.3 is 0 Å². The van der Waals surface area contributed by atoms with Crippen molar-refractivity contribution in [1.82, 2.24) is 5.43 Å². The molecule has 1 aliphatic heterocycles. The van der Waals surface area contributed by atoms with E-state index < -0.39 is 15.8 Å². The van der Waals surface area contributed by atoms with Gasteiger partial charge in [-0.15, -0.1) is 0 Å². The van der Waals surface area contributed by atoms with Crippen molar-refractivity contribution >= 4 is 21.5 Å². The molecule has 2 atom stereocenters. The molecular formula is C12H20N2O3S. The van der Waals surface area contributed by atoms with Crippen LogP contribution in [0, 0.1) is 11.8 Å². The van der Waals surface area contributed by atoms with Crippen molar-refractivity contribution in [2.75, 3.05) is 11.5 Å². The van der Waals surface area contributed by atoms with Crippen LogP contribution >= 0.6 is 0 Å². The molecule has 0 spiro atoms. The minimum absolute atomic E-state index is 0.0277. The van der Waals surface area contributed by atoms with Crippen LogP contribution in [0.2, 0.25) is 0 Å². The third-order valence-electron chi connectivity index (χ3n) is 3.67. The Morgan fingerprint density at radius 1 is 1.39 bits per heavy atom. The molecule has 0 aromatic rings. The molecule has 2 rings (SSSR count). The van der Waals surface area contributed by atoms with Gasteiger partial charge in [0, 0.05) is 5.71 Å². The van der Waals surface area contributed by atoms with Gasteiger partial charge in [-0.05, 0) is 38.0 Å². The molecule has 18 heavy (non-hydrogen) atoms. The lowest BCUT2D eigenvalue weighted by atomic mass is 9.89. The highest BCUT2D eigenvalue weighted by Gasteiger charge is 2.32. The van der Waals surface area contributed by atoms with E-state index >= 15 is 0 Å². The Morgan fingerprint density at radius 2 is 2.17 bits per heavy atom. The first-order valence-corrected chi connectivity index (χ1v) is 8.34. The Morgan fingerprint density at radius 3 is 2.78 bits per heavy atom. The summed E-state index contributed by atoms with van der Waals surface area (Å²) in [5.74, 6) is 0.0575. The van der Waals surface area contributed by atoms with Gasteiger partial charge in [-0.3, -0.25) is 4.79 Å². The number of amides is 1.